The van der Waals surface area contributed by atoms with Crippen LogP contribution in [0.25, 0.3) is 21.5 Å². The van der Waals surface area contributed by atoms with Crippen molar-refractivity contribution in [3.05, 3.63) is 64.8 Å². The number of thiazole rings is 1. The van der Waals surface area contributed by atoms with Gasteiger partial charge in [-0.15, -0.1) is 0 Å². The standard InChI is InChI=1S/C18H12ClN3O2S/c1-10-2-7-13-16(8-10)25-18(20-13)21-17(23)14-9-15(24-22-14)11-3-5-12(19)6-4-11/h2-9H,1H3,(H,20,21,23). The van der Waals surface area contributed by atoms with E-state index in [1.165, 1.54) is 11.3 Å². The van der Waals surface area contributed by atoms with Gasteiger partial charge in [-0.1, -0.05) is 34.2 Å². The number of carbonyl (C=O) groups is 1. The second kappa shape index (κ2) is 6.31. The Kier molecular flexibility index (Phi) is 3.99. The van der Waals surface area contributed by atoms with Crippen LogP contribution in [0.5, 0.6) is 0 Å². The van der Waals surface area contributed by atoms with Gasteiger partial charge in [0.1, 0.15) is 0 Å². The monoisotopic (exact) mass is 369 g/mol. The van der Waals surface area contributed by atoms with Crippen molar-refractivity contribution in [1.29, 1.82) is 0 Å². The fourth-order valence-electron chi connectivity index (χ4n) is 2.38. The van der Waals surface area contributed by atoms with Crippen molar-refractivity contribution < 1.29 is 9.32 Å². The lowest BCUT2D eigenvalue weighted by molar-refractivity contribution is 0.101. The predicted octanol–water partition coefficient (Wildman–Crippen LogP) is 5.17. The molecule has 1 amide bonds. The average molecular weight is 370 g/mol. The van der Waals surface area contributed by atoms with Crippen LogP contribution in [0.4, 0.5) is 5.13 Å². The summed E-state index contributed by atoms with van der Waals surface area (Å²) in [6.45, 7) is 2.02. The quantitative estimate of drug-likeness (QED) is 0.541. The highest BCUT2D eigenvalue weighted by Gasteiger charge is 2.15. The maximum Gasteiger partial charge on any atom is 0.279 e. The summed E-state index contributed by atoms with van der Waals surface area (Å²) in [4.78, 5) is 16.8. The van der Waals surface area contributed by atoms with Crippen molar-refractivity contribution in [3.8, 4) is 11.3 Å². The Labute approximate surface area is 152 Å². The van der Waals surface area contributed by atoms with Crippen molar-refractivity contribution in [1.82, 2.24) is 10.1 Å². The molecule has 2 aromatic heterocycles. The van der Waals surface area contributed by atoms with Gasteiger partial charge in [-0.2, -0.15) is 0 Å². The Morgan fingerprint density at radius 1 is 1.16 bits per heavy atom. The van der Waals surface area contributed by atoms with Crippen LogP contribution in [0.3, 0.4) is 0 Å². The maximum atomic E-state index is 12.4. The molecule has 4 rings (SSSR count). The molecule has 25 heavy (non-hydrogen) atoms. The summed E-state index contributed by atoms with van der Waals surface area (Å²) in [5, 5.41) is 7.76. The maximum absolute atomic E-state index is 12.4. The molecule has 5 nitrogen and oxygen atoms in total. The molecular formula is C18H12ClN3O2S. The molecule has 124 valence electrons. The number of halogens is 1. The topological polar surface area (TPSA) is 68.0 Å². The van der Waals surface area contributed by atoms with Gasteiger partial charge in [0.25, 0.3) is 5.91 Å². The first kappa shape index (κ1) is 15.8. The minimum absolute atomic E-state index is 0.195. The van der Waals surface area contributed by atoms with E-state index in [0.717, 1.165) is 21.3 Å². The normalized spacial score (nSPS) is 11.0. The predicted molar refractivity (Wildman–Crippen MR) is 99.3 cm³/mol. The Bertz CT molecular complexity index is 1070. The van der Waals surface area contributed by atoms with E-state index >= 15 is 0 Å². The number of hydrogen-bond donors (Lipinski definition) is 1. The molecule has 1 N–H and O–H groups in total. The Balaban J connectivity index is 1.55. The highest BCUT2D eigenvalue weighted by atomic mass is 35.5. The van der Waals surface area contributed by atoms with Crippen LogP contribution in [-0.4, -0.2) is 16.0 Å². The number of nitrogens with zero attached hydrogens (tertiary/aromatic N) is 2. The van der Waals surface area contributed by atoms with Gasteiger partial charge in [0, 0.05) is 16.7 Å². The molecule has 0 saturated heterocycles. The highest BCUT2D eigenvalue weighted by molar-refractivity contribution is 7.22. The molecular weight excluding hydrogens is 358 g/mol. The lowest BCUT2D eigenvalue weighted by atomic mass is 10.1. The van der Waals surface area contributed by atoms with E-state index in [9.17, 15) is 4.79 Å². The van der Waals surface area contributed by atoms with Gasteiger partial charge in [-0.25, -0.2) is 4.98 Å². The molecule has 2 heterocycles. The summed E-state index contributed by atoms with van der Waals surface area (Å²) in [7, 11) is 0. The number of carbonyl (C=O) groups excluding carboxylic acids is 1. The van der Waals surface area contributed by atoms with Gasteiger partial charge in [-0.05, 0) is 48.9 Å². The summed E-state index contributed by atoms with van der Waals surface area (Å²) >= 11 is 7.30. The van der Waals surface area contributed by atoms with Crippen molar-refractivity contribution >= 4 is 44.2 Å². The number of benzene rings is 2. The van der Waals surface area contributed by atoms with Crippen LogP contribution in [0.1, 0.15) is 16.1 Å². The third kappa shape index (κ3) is 3.26. The van der Waals surface area contributed by atoms with E-state index in [2.05, 4.69) is 15.5 Å². The highest BCUT2D eigenvalue weighted by Crippen LogP contribution is 2.27. The fraction of sp³-hybridized carbons (Fsp3) is 0.0556. The zero-order valence-corrected chi connectivity index (χ0v) is 14.7. The van der Waals surface area contributed by atoms with Crippen LogP contribution in [0.15, 0.2) is 53.1 Å². The molecule has 2 aromatic carbocycles. The number of nitrogens with one attached hydrogen (secondary N) is 1. The molecule has 7 heteroatoms. The largest absolute Gasteiger partial charge is 0.355 e. The number of hydrogen-bond acceptors (Lipinski definition) is 5. The fourth-order valence-corrected chi connectivity index (χ4v) is 3.46. The van der Waals surface area contributed by atoms with E-state index in [0.29, 0.717) is 15.9 Å². The minimum Gasteiger partial charge on any atom is -0.355 e. The number of aromatic nitrogens is 2. The van der Waals surface area contributed by atoms with Gasteiger partial charge in [0.15, 0.2) is 16.6 Å². The minimum atomic E-state index is -0.361. The number of aryl methyl sites for hydroxylation is 1. The van der Waals surface area contributed by atoms with Gasteiger partial charge in [0.05, 0.1) is 10.2 Å². The molecule has 0 atom stereocenters. The Morgan fingerprint density at radius 3 is 2.76 bits per heavy atom. The summed E-state index contributed by atoms with van der Waals surface area (Å²) in [6.07, 6.45) is 0. The zero-order valence-electron chi connectivity index (χ0n) is 13.1. The molecule has 0 aliphatic heterocycles. The molecule has 0 aliphatic carbocycles. The van der Waals surface area contributed by atoms with Crippen molar-refractivity contribution in [3.63, 3.8) is 0 Å². The van der Waals surface area contributed by atoms with Gasteiger partial charge in [0.2, 0.25) is 0 Å². The number of amides is 1. The SMILES string of the molecule is Cc1ccc2nc(NC(=O)c3cc(-c4ccc(Cl)cc4)on3)sc2c1. The van der Waals surface area contributed by atoms with Crippen molar-refractivity contribution in [2.24, 2.45) is 0 Å². The summed E-state index contributed by atoms with van der Waals surface area (Å²) in [5.41, 5.74) is 3.00. The summed E-state index contributed by atoms with van der Waals surface area (Å²) in [6, 6.07) is 14.7. The van der Waals surface area contributed by atoms with Gasteiger partial charge < -0.3 is 4.52 Å². The smallest absolute Gasteiger partial charge is 0.279 e. The summed E-state index contributed by atoms with van der Waals surface area (Å²) in [5.74, 6) is 0.140. The Hall–Kier alpha value is -2.70. The Morgan fingerprint density at radius 2 is 1.96 bits per heavy atom. The second-order valence-corrected chi connectivity index (χ2v) is 6.99. The van der Waals surface area contributed by atoms with Crippen LogP contribution in [-0.2, 0) is 0 Å². The van der Waals surface area contributed by atoms with Crippen LogP contribution < -0.4 is 5.32 Å². The lowest BCUT2D eigenvalue weighted by Gasteiger charge is -1.96. The number of anilines is 1. The number of fused-ring (bicyclic) bond motifs is 1. The zero-order chi connectivity index (χ0) is 17.4. The van der Waals surface area contributed by atoms with Crippen molar-refractivity contribution in [2.45, 2.75) is 6.92 Å². The van der Waals surface area contributed by atoms with Gasteiger partial charge >= 0.3 is 0 Å². The molecule has 0 saturated carbocycles. The molecule has 0 unspecified atom stereocenters. The third-order valence-electron chi connectivity index (χ3n) is 3.64. The first-order chi connectivity index (χ1) is 12.1. The average Bonchev–Trinajstić information content (AvgIpc) is 3.21. The van der Waals surface area contributed by atoms with E-state index in [1.807, 2.05) is 25.1 Å². The molecule has 0 aliphatic rings. The molecule has 0 spiro atoms. The van der Waals surface area contributed by atoms with Crippen molar-refractivity contribution in [2.75, 3.05) is 5.32 Å². The molecule has 0 radical (unpaired) electrons. The van der Waals surface area contributed by atoms with Crippen LogP contribution >= 0.6 is 22.9 Å². The van der Waals surface area contributed by atoms with E-state index in [-0.39, 0.29) is 11.6 Å². The number of rotatable bonds is 3. The van der Waals surface area contributed by atoms with Gasteiger partial charge in [-0.3, -0.25) is 10.1 Å². The van der Waals surface area contributed by atoms with Crippen LogP contribution in [0, 0.1) is 6.92 Å². The van der Waals surface area contributed by atoms with E-state index in [1.54, 1.807) is 30.3 Å². The molecule has 0 fully saturated rings. The lowest BCUT2D eigenvalue weighted by Crippen LogP contribution is -2.11. The third-order valence-corrected chi connectivity index (χ3v) is 4.82. The second-order valence-electron chi connectivity index (χ2n) is 5.53. The molecule has 0 bridgehead atoms. The first-order valence-corrected chi connectivity index (χ1v) is 8.69. The van der Waals surface area contributed by atoms with E-state index in [4.69, 9.17) is 16.1 Å². The first-order valence-electron chi connectivity index (χ1n) is 7.50. The molecule has 4 aromatic rings. The van der Waals surface area contributed by atoms with E-state index < -0.39 is 0 Å². The summed E-state index contributed by atoms with van der Waals surface area (Å²) < 4.78 is 6.28. The van der Waals surface area contributed by atoms with Crippen LogP contribution in [0.2, 0.25) is 5.02 Å².